The zero-order valence-corrected chi connectivity index (χ0v) is 13.5. The molecule has 1 aromatic carbocycles. The predicted molar refractivity (Wildman–Crippen MR) is 85.0 cm³/mol. The fourth-order valence-corrected chi connectivity index (χ4v) is 2.09. The Morgan fingerprint density at radius 3 is 2.67 bits per heavy atom. The molecule has 1 rings (SSSR count). The second-order valence-corrected chi connectivity index (χ2v) is 6.28. The summed E-state index contributed by atoms with van der Waals surface area (Å²) in [5.41, 5.74) is 5.78. The Morgan fingerprint density at radius 2 is 2.14 bits per heavy atom. The van der Waals surface area contributed by atoms with Crippen LogP contribution < -0.4 is 11.1 Å². The lowest BCUT2D eigenvalue weighted by Crippen LogP contribution is -2.42. The molecule has 0 spiro atoms. The van der Waals surface area contributed by atoms with E-state index in [1.165, 1.54) is 18.2 Å². The van der Waals surface area contributed by atoms with Crippen molar-refractivity contribution >= 4 is 23.2 Å². The third kappa shape index (κ3) is 5.99. The molecule has 6 heteroatoms. The second-order valence-electron chi connectivity index (χ2n) is 5.84. The van der Waals surface area contributed by atoms with Crippen LogP contribution in [0.4, 0.5) is 10.1 Å². The van der Waals surface area contributed by atoms with Crippen molar-refractivity contribution in [1.29, 1.82) is 0 Å². The van der Waals surface area contributed by atoms with Crippen molar-refractivity contribution in [2.45, 2.75) is 20.8 Å². The maximum absolute atomic E-state index is 13.6. The molecular weight excluding hydrogens is 293 g/mol. The van der Waals surface area contributed by atoms with Crippen LogP contribution in [-0.2, 0) is 4.79 Å². The Hall–Kier alpha value is -1.17. The minimum absolute atomic E-state index is 0.0676. The largest absolute Gasteiger partial charge is 0.330 e. The smallest absolute Gasteiger partial charge is 0.238 e. The number of hydrogen-bond acceptors (Lipinski definition) is 3. The van der Waals surface area contributed by atoms with Crippen molar-refractivity contribution < 1.29 is 9.18 Å². The first-order valence-corrected chi connectivity index (χ1v) is 7.32. The molecule has 0 aliphatic heterocycles. The van der Waals surface area contributed by atoms with Crippen molar-refractivity contribution in [3.63, 3.8) is 0 Å². The van der Waals surface area contributed by atoms with Gasteiger partial charge in [0.2, 0.25) is 5.91 Å². The van der Waals surface area contributed by atoms with Gasteiger partial charge in [0.25, 0.3) is 0 Å². The summed E-state index contributed by atoms with van der Waals surface area (Å²) in [6.45, 7) is 8.23. The number of rotatable bonds is 7. The van der Waals surface area contributed by atoms with Gasteiger partial charge in [0.1, 0.15) is 5.82 Å². The number of amides is 1. The van der Waals surface area contributed by atoms with Crippen LogP contribution >= 0.6 is 11.6 Å². The quantitative estimate of drug-likeness (QED) is 0.813. The van der Waals surface area contributed by atoms with Crippen molar-refractivity contribution in [3.05, 3.63) is 29.0 Å². The topological polar surface area (TPSA) is 58.4 Å². The van der Waals surface area contributed by atoms with E-state index in [2.05, 4.69) is 5.32 Å². The van der Waals surface area contributed by atoms with Gasteiger partial charge in [-0.2, -0.15) is 0 Å². The van der Waals surface area contributed by atoms with Crippen molar-refractivity contribution in [2.24, 2.45) is 11.1 Å². The van der Waals surface area contributed by atoms with Gasteiger partial charge < -0.3 is 11.1 Å². The standard InChI is InChI=1S/C15H23ClFN3O/c1-4-20(10-15(2,3)9-18)8-14(21)19-13-6-5-11(16)7-12(13)17/h5-7H,4,8-10,18H2,1-3H3,(H,19,21). The molecule has 0 atom stereocenters. The molecule has 0 heterocycles. The van der Waals surface area contributed by atoms with Crippen LogP contribution in [0.15, 0.2) is 18.2 Å². The van der Waals surface area contributed by atoms with E-state index in [0.717, 1.165) is 6.54 Å². The third-order valence-corrected chi connectivity index (χ3v) is 3.46. The summed E-state index contributed by atoms with van der Waals surface area (Å²) >= 11 is 5.68. The molecule has 0 bridgehead atoms. The van der Waals surface area contributed by atoms with E-state index in [9.17, 15) is 9.18 Å². The Balaban J connectivity index is 2.63. The molecule has 1 aromatic rings. The molecule has 3 N–H and O–H groups in total. The molecule has 0 saturated carbocycles. The van der Waals surface area contributed by atoms with Gasteiger partial charge in [-0.15, -0.1) is 0 Å². The number of anilines is 1. The van der Waals surface area contributed by atoms with E-state index < -0.39 is 5.82 Å². The van der Waals surface area contributed by atoms with Crippen molar-refractivity contribution in [2.75, 3.05) is 31.5 Å². The monoisotopic (exact) mass is 315 g/mol. The summed E-state index contributed by atoms with van der Waals surface area (Å²) in [6, 6.07) is 4.16. The van der Waals surface area contributed by atoms with E-state index >= 15 is 0 Å². The average Bonchev–Trinajstić information content (AvgIpc) is 2.41. The molecule has 0 unspecified atom stereocenters. The lowest BCUT2D eigenvalue weighted by Gasteiger charge is -2.30. The Bertz CT molecular complexity index is 494. The Labute approximate surface area is 130 Å². The van der Waals surface area contributed by atoms with Crippen molar-refractivity contribution in [3.8, 4) is 0 Å². The first-order valence-electron chi connectivity index (χ1n) is 6.94. The molecule has 0 radical (unpaired) electrons. The molecule has 0 saturated heterocycles. The van der Waals surface area contributed by atoms with Crippen LogP contribution in [0.3, 0.4) is 0 Å². The zero-order valence-electron chi connectivity index (χ0n) is 12.7. The lowest BCUT2D eigenvalue weighted by molar-refractivity contribution is -0.117. The number of hydrogen-bond donors (Lipinski definition) is 2. The van der Waals surface area contributed by atoms with Crippen LogP contribution in [0.2, 0.25) is 5.02 Å². The number of nitrogens with one attached hydrogen (secondary N) is 1. The summed E-state index contributed by atoms with van der Waals surface area (Å²) in [4.78, 5) is 14.0. The average molecular weight is 316 g/mol. The number of nitrogens with two attached hydrogens (primary N) is 1. The first-order chi connectivity index (χ1) is 9.77. The highest BCUT2D eigenvalue weighted by molar-refractivity contribution is 6.30. The Morgan fingerprint density at radius 1 is 1.48 bits per heavy atom. The minimum Gasteiger partial charge on any atom is -0.330 e. The second kappa shape index (κ2) is 7.73. The summed E-state index contributed by atoms with van der Waals surface area (Å²) in [6.07, 6.45) is 0. The number of carbonyl (C=O) groups excluding carboxylic acids is 1. The number of nitrogens with zero attached hydrogens (tertiary/aromatic N) is 1. The minimum atomic E-state index is -0.541. The highest BCUT2D eigenvalue weighted by atomic mass is 35.5. The molecule has 21 heavy (non-hydrogen) atoms. The van der Waals surface area contributed by atoms with Crippen LogP contribution in [0, 0.1) is 11.2 Å². The van der Waals surface area contributed by atoms with Crippen molar-refractivity contribution in [1.82, 2.24) is 4.90 Å². The van der Waals surface area contributed by atoms with Gasteiger partial charge in [-0.3, -0.25) is 9.69 Å². The van der Waals surface area contributed by atoms with E-state index in [1.807, 2.05) is 25.7 Å². The highest BCUT2D eigenvalue weighted by Gasteiger charge is 2.21. The third-order valence-electron chi connectivity index (χ3n) is 3.22. The maximum atomic E-state index is 13.6. The van der Waals surface area contributed by atoms with Gasteiger partial charge in [-0.25, -0.2) is 4.39 Å². The van der Waals surface area contributed by atoms with Gasteiger partial charge in [-0.1, -0.05) is 32.4 Å². The van der Waals surface area contributed by atoms with Gasteiger partial charge in [0.05, 0.1) is 12.2 Å². The maximum Gasteiger partial charge on any atom is 0.238 e. The number of carbonyl (C=O) groups is 1. The fourth-order valence-electron chi connectivity index (χ4n) is 1.93. The fraction of sp³-hybridized carbons (Fsp3) is 0.533. The van der Waals surface area contributed by atoms with Gasteiger partial charge in [-0.05, 0) is 36.7 Å². The molecule has 1 amide bonds. The van der Waals surface area contributed by atoms with E-state index in [0.29, 0.717) is 18.1 Å². The van der Waals surface area contributed by atoms with Crippen LogP contribution in [-0.4, -0.2) is 37.0 Å². The van der Waals surface area contributed by atoms with Gasteiger partial charge in [0.15, 0.2) is 0 Å². The highest BCUT2D eigenvalue weighted by Crippen LogP contribution is 2.19. The van der Waals surface area contributed by atoms with Crippen LogP contribution in [0.25, 0.3) is 0 Å². The van der Waals surface area contributed by atoms with E-state index in [4.69, 9.17) is 17.3 Å². The molecule has 118 valence electrons. The number of benzene rings is 1. The van der Waals surface area contributed by atoms with Gasteiger partial charge >= 0.3 is 0 Å². The summed E-state index contributed by atoms with van der Waals surface area (Å²) in [5.74, 6) is -0.799. The molecular formula is C15H23ClFN3O. The molecule has 0 aliphatic carbocycles. The molecule has 0 aliphatic rings. The number of halogens is 2. The van der Waals surface area contributed by atoms with Gasteiger partial charge in [0, 0.05) is 11.6 Å². The molecule has 0 fully saturated rings. The summed E-state index contributed by atoms with van der Waals surface area (Å²) < 4.78 is 13.6. The first kappa shape index (κ1) is 17.9. The van der Waals surface area contributed by atoms with Crippen LogP contribution in [0.5, 0.6) is 0 Å². The summed E-state index contributed by atoms with van der Waals surface area (Å²) in [7, 11) is 0. The van der Waals surface area contributed by atoms with E-state index in [-0.39, 0.29) is 23.6 Å². The normalized spacial score (nSPS) is 11.8. The number of likely N-dealkylation sites (N-methyl/N-ethyl adjacent to an activating group) is 1. The van der Waals surface area contributed by atoms with Crippen LogP contribution in [0.1, 0.15) is 20.8 Å². The molecule has 0 aromatic heterocycles. The predicted octanol–water partition coefficient (Wildman–Crippen LogP) is 2.72. The summed E-state index contributed by atoms with van der Waals surface area (Å²) in [5, 5.41) is 2.86. The zero-order chi connectivity index (χ0) is 16.0. The Kier molecular flexibility index (Phi) is 6.58. The SMILES string of the molecule is CCN(CC(=O)Nc1ccc(Cl)cc1F)CC(C)(C)CN. The lowest BCUT2D eigenvalue weighted by atomic mass is 9.93. The molecule has 4 nitrogen and oxygen atoms in total. The van der Waals surface area contributed by atoms with E-state index in [1.54, 1.807) is 0 Å².